The second-order valence-corrected chi connectivity index (χ2v) is 4.32. The Morgan fingerprint density at radius 1 is 1.65 bits per heavy atom. The predicted molar refractivity (Wildman–Crippen MR) is 65.0 cm³/mol. The van der Waals surface area contributed by atoms with Gasteiger partial charge in [0.15, 0.2) is 6.20 Å². The molecule has 92 valence electrons. The fraction of sp³-hybridized carbons (Fsp3) is 0.545. The lowest BCUT2D eigenvalue weighted by atomic mass is 10.2. The van der Waals surface area contributed by atoms with Crippen molar-refractivity contribution in [3.05, 3.63) is 28.4 Å². The Balaban J connectivity index is 1.88. The number of hydrogen-bond donors (Lipinski definition) is 1. The zero-order valence-electron chi connectivity index (χ0n) is 9.80. The van der Waals surface area contributed by atoms with Gasteiger partial charge in [0, 0.05) is 18.7 Å². The largest absolute Gasteiger partial charge is 0.380 e. The molecule has 0 radical (unpaired) electrons. The molecule has 1 N–H and O–H groups in total. The Hall–Kier alpha value is -1.69. The number of hydrogen-bond acceptors (Lipinski definition) is 5. The van der Waals surface area contributed by atoms with Crippen LogP contribution in [-0.4, -0.2) is 41.0 Å². The molecule has 6 nitrogen and oxygen atoms in total. The topological polar surface area (TPSA) is 71.3 Å². The van der Waals surface area contributed by atoms with Crippen LogP contribution in [0.2, 0.25) is 0 Å². The molecule has 2 heterocycles. The Kier molecular flexibility index (Phi) is 3.53. The van der Waals surface area contributed by atoms with Crippen molar-refractivity contribution in [1.82, 2.24) is 9.88 Å². The number of nitrogens with one attached hydrogen (secondary N) is 1. The normalized spacial score (nSPS) is 20.4. The minimum Gasteiger partial charge on any atom is -0.380 e. The van der Waals surface area contributed by atoms with Crippen LogP contribution < -0.4 is 5.32 Å². The summed E-state index contributed by atoms with van der Waals surface area (Å²) in [6, 6.07) is 3.66. The summed E-state index contributed by atoms with van der Waals surface area (Å²) in [6.07, 6.45) is 3.94. The number of nitrogens with zero attached hydrogens (tertiary/aromatic N) is 3. The molecule has 1 aliphatic rings. The van der Waals surface area contributed by atoms with Crippen LogP contribution in [0.15, 0.2) is 18.3 Å². The van der Waals surface area contributed by atoms with Crippen molar-refractivity contribution in [1.29, 1.82) is 0 Å². The molecule has 0 aliphatic carbocycles. The number of pyridine rings is 1. The summed E-state index contributed by atoms with van der Waals surface area (Å²) in [6.45, 7) is 2.00. The van der Waals surface area contributed by atoms with Crippen molar-refractivity contribution in [2.45, 2.75) is 18.9 Å². The van der Waals surface area contributed by atoms with E-state index in [4.69, 9.17) is 0 Å². The first kappa shape index (κ1) is 11.8. The van der Waals surface area contributed by atoms with Crippen LogP contribution >= 0.6 is 0 Å². The van der Waals surface area contributed by atoms with Gasteiger partial charge in [-0.05, 0) is 42.4 Å². The number of nitro groups is 1. The number of likely N-dealkylation sites (N-methyl/N-ethyl adjacent to an activating group) is 1. The molecule has 1 fully saturated rings. The summed E-state index contributed by atoms with van der Waals surface area (Å²) in [5.41, 5.74) is 0.830. The smallest absolute Gasteiger partial charge is 0.363 e. The first-order valence-corrected chi connectivity index (χ1v) is 5.71. The van der Waals surface area contributed by atoms with Gasteiger partial charge in [-0.25, -0.2) is 0 Å². The van der Waals surface area contributed by atoms with E-state index < -0.39 is 4.92 Å². The SMILES string of the molecule is CN1CCCC1CNc1ccc([N+](=O)[O-])nc1. The number of likely N-dealkylation sites (tertiary alicyclic amines) is 1. The summed E-state index contributed by atoms with van der Waals surface area (Å²) < 4.78 is 0. The van der Waals surface area contributed by atoms with E-state index in [2.05, 4.69) is 22.2 Å². The Labute approximate surface area is 99.8 Å². The van der Waals surface area contributed by atoms with Crippen LogP contribution in [0, 0.1) is 10.1 Å². The third-order valence-electron chi connectivity index (χ3n) is 3.15. The quantitative estimate of drug-likeness (QED) is 0.633. The Bertz CT molecular complexity index is 393. The van der Waals surface area contributed by atoms with Gasteiger partial charge in [-0.15, -0.1) is 0 Å². The average Bonchev–Trinajstić information content (AvgIpc) is 2.73. The van der Waals surface area contributed by atoms with E-state index in [0.29, 0.717) is 6.04 Å². The van der Waals surface area contributed by atoms with E-state index >= 15 is 0 Å². The fourth-order valence-corrected chi connectivity index (χ4v) is 2.07. The number of anilines is 1. The summed E-state index contributed by atoms with van der Waals surface area (Å²) in [5.74, 6) is -0.117. The van der Waals surface area contributed by atoms with E-state index in [0.717, 1.165) is 18.8 Å². The third-order valence-corrected chi connectivity index (χ3v) is 3.15. The molecular formula is C11H16N4O2. The van der Waals surface area contributed by atoms with Gasteiger partial charge in [-0.1, -0.05) is 0 Å². The highest BCUT2D eigenvalue weighted by molar-refractivity contribution is 5.43. The van der Waals surface area contributed by atoms with Gasteiger partial charge in [-0.2, -0.15) is 0 Å². The van der Waals surface area contributed by atoms with E-state index in [-0.39, 0.29) is 5.82 Å². The Morgan fingerprint density at radius 2 is 2.47 bits per heavy atom. The summed E-state index contributed by atoms with van der Waals surface area (Å²) >= 11 is 0. The summed E-state index contributed by atoms with van der Waals surface area (Å²) in [4.78, 5) is 16.0. The molecule has 0 amide bonds. The zero-order chi connectivity index (χ0) is 12.3. The van der Waals surface area contributed by atoms with Gasteiger partial charge in [0.05, 0.1) is 5.69 Å². The molecule has 1 aromatic heterocycles. The molecule has 6 heteroatoms. The average molecular weight is 236 g/mol. The first-order valence-electron chi connectivity index (χ1n) is 5.71. The van der Waals surface area contributed by atoms with Crippen molar-refractivity contribution in [3.63, 3.8) is 0 Å². The number of aromatic nitrogens is 1. The summed E-state index contributed by atoms with van der Waals surface area (Å²) in [7, 11) is 2.12. The lowest BCUT2D eigenvalue weighted by molar-refractivity contribution is -0.389. The molecule has 0 bridgehead atoms. The molecular weight excluding hydrogens is 220 g/mol. The maximum absolute atomic E-state index is 10.4. The summed E-state index contributed by atoms with van der Waals surface area (Å²) in [5, 5.41) is 13.7. The Morgan fingerprint density at radius 3 is 3.00 bits per heavy atom. The highest BCUT2D eigenvalue weighted by Crippen LogP contribution is 2.16. The van der Waals surface area contributed by atoms with Crippen molar-refractivity contribution in [2.75, 3.05) is 25.5 Å². The molecule has 17 heavy (non-hydrogen) atoms. The van der Waals surface area contributed by atoms with E-state index in [1.54, 1.807) is 6.07 Å². The minimum absolute atomic E-state index is 0.117. The first-order chi connectivity index (χ1) is 8.16. The molecule has 1 atom stereocenters. The van der Waals surface area contributed by atoms with E-state index in [1.165, 1.54) is 25.1 Å². The molecule has 0 spiro atoms. The molecule has 1 unspecified atom stereocenters. The van der Waals surface area contributed by atoms with Crippen LogP contribution in [0.1, 0.15) is 12.8 Å². The lowest BCUT2D eigenvalue weighted by Crippen LogP contribution is -2.31. The predicted octanol–water partition coefficient (Wildman–Crippen LogP) is 1.50. The highest BCUT2D eigenvalue weighted by Gasteiger charge is 2.20. The number of rotatable bonds is 4. The molecule has 0 saturated carbocycles. The van der Waals surface area contributed by atoms with Gasteiger partial charge in [-0.3, -0.25) is 0 Å². The lowest BCUT2D eigenvalue weighted by Gasteiger charge is -2.19. The second-order valence-electron chi connectivity index (χ2n) is 4.32. The molecule has 1 saturated heterocycles. The zero-order valence-corrected chi connectivity index (χ0v) is 9.80. The minimum atomic E-state index is -0.492. The van der Waals surface area contributed by atoms with Crippen molar-refractivity contribution >= 4 is 11.5 Å². The fourth-order valence-electron chi connectivity index (χ4n) is 2.07. The van der Waals surface area contributed by atoms with Crippen LogP contribution in [0.5, 0.6) is 0 Å². The molecule has 0 aromatic carbocycles. The van der Waals surface area contributed by atoms with Crippen molar-refractivity contribution in [3.8, 4) is 0 Å². The molecule has 1 aliphatic heterocycles. The van der Waals surface area contributed by atoms with Gasteiger partial charge in [0.25, 0.3) is 0 Å². The van der Waals surface area contributed by atoms with Crippen LogP contribution in [0.4, 0.5) is 11.5 Å². The van der Waals surface area contributed by atoms with Crippen molar-refractivity contribution in [2.24, 2.45) is 0 Å². The van der Waals surface area contributed by atoms with E-state index in [9.17, 15) is 10.1 Å². The van der Waals surface area contributed by atoms with Crippen LogP contribution in [-0.2, 0) is 0 Å². The second kappa shape index (κ2) is 5.09. The molecule has 1 aromatic rings. The van der Waals surface area contributed by atoms with Crippen LogP contribution in [0.3, 0.4) is 0 Å². The standard InChI is InChI=1S/C11H16N4O2/c1-14-6-2-3-10(14)8-12-9-4-5-11(13-7-9)15(16)17/h4-5,7,10,12H,2-3,6,8H2,1H3. The monoisotopic (exact) mass is 236 g/mol. The maximum Gasteiger partial charge on any atom is 0.363 e. The van der Waals surface area contributed by atoms with E-state index in [1.807, 2.05) is 0 Å². The third kappa shape index (κ3) is 2.91. The van der Waals surface area contributed by atoms with Crippen molar-refractivity contribution < 1.29 is 4.92 Å². The molecule has 2 rings (SSSR count). The van der Waals surface area contributed by atoms with Gasteiger partial charge >= 0.3 is 5.82 Å². The van der Waals surface area contributed by atoms with Gasteiger partial charge in [0.2, 0.25) is 0 Å². The van der Waals surface area contributed by atoms with Gasteiger partial charge in [0.1, 0.15) is 0 Å². The van der Waals surface area contributed by atoms with Gasteiger partial charge < -0.3 is 20.3 Å². The van der Waals surface area contributed by atoms with Crippen LogP contribution in [0.25, 0.3) is 0 Å². The highest BCUT2D eigenvalue weighted by atomic mass is 16.6. The maximum atomic E-state index is 10.4.